The van der Waals surface area contributed by atoms with E-state index in [0.29, 0.717) is 22.5 Å². The van der Waals surface area contributed by atoms with Crippen molar-refractivity contribution in [3.05, 3.63) is 35.6 Å². The number of rotatable bonds is 4. The normalized spacial score (nSPS) is 9.90. The first kappa shape index (κ1) is 14.1. The lowest BCUT2D eigenvalue weighted by molar-refractivity contribution is 0.624. The van der Waals surface area contributed by atoms with Crippen molar-refractivity contribution in [2.45, 2.75) is 5.16 Å². The number of halogens is 1. The van der Waals surface area contributed by atoms with E-state index < -0.39 is 5.82 Å². The molecule has 0 unspecified atom stereocenters. The third-order valence-electron chi connectivity index (χ3n) is 2.50. The summed E-state index contributed by atoms with van der Waals surface area (Å²) in [7, 11) is 1.77. The number of thioether (sulfide) groups is 1. The van der Waals surface area contributed by atoms with E-state index in [1.807, 2.05) is 6.26 Å². The summed E-state index contributed by atoms with van der Waals surface area (Å²) >= 11 is 1.42. The summed E-state index contributed by atoms with van der Waals surface area (Å²) in [6.07, 6.45) is 1.88. The fraction of sp³-hybridized carbons (Fsp3) is 0.154. The quantitative estimate of drug-likeness (QED) is 0.666. The summed E-state index contributed by atoms with van der Waals surface area (Å²) in [5.41, 5.74) is 0.582. The van der Waals surface area contributed by atoms with Crippen molar-refractivity contribution in [3.8, 4) is 6.07 Å². The lowest BCUT2D eigenvalue weighted by Crippen LogP contribution is -2.01. The maximum atomic E-state index is 13.3. The average Bonchev–Trinajstić information content (AvgIpc) is 2.48. The van der Waals surface area contributed by atoms with Crippen LogP contribution < -0.4 is 10.6 Å². The summed E-state index contributed by atoms with van der Waals surface area (Å²) in [4.78, 5) is 8.55. The van der Waals surface area contributed by atoms with E-state index in [4.69, 9.17) is 5.26 Å². The van der Waals surface area contributed by atoms with Gasteiger partial charge in [-0.15, -0.1) is 0 Å². The van der Waals surface area contributed by atoms with Crippen LogP contribution in [0.1, 0.15) is 5.56 Å². The molecule has 1 heterocycles. The molecule has 102 valence electrons. The fourth-order valence-corrected chi connectivity index (χ4v) is 1.92. The Morgan fingerprint density at radius 2 is 2.00 bits per heavy atom. The molecule has 1 aromatic heterocycles. The molecule has 0 spiro atoms. The predicted molar refractivity (Wildman–Crippen MR) is 77.8 cm³/mol. The summed E-state index contributed by atoms with van der Waals surface area (Å²) < 4.78 is 13.3. The summed E-state index contributed by atoms with van der Waals surface area (Å²) in [6.45, 7) is 0. The molecule has 0 saturated heterocycles. The molecule has 2 N–H and O–H groups in total. The van der Waals surface area contributed by atoms with E-state index >= 15 is 0 Å². The molecule has 0 aliphatic rings. The molecule has 1 aromatic carbocycles. The summed E-state index contributed by atoms with van der Waals surface area (Å²) in [5, 5.41) is 15.4. The number of nitriles is 1. The number of hydrogen-bond donors (Lipinski definition) is 2. The van der Waals surface area contributed by atoms with Gasteiger partial charge in [0.05, 0.1) is 5.56 Å². The predicted octanol–water partition coefficient (Wildman–Crippen LogP) is 2.99. The smallest absolute Gasteiger partial charge is 0.191 e. The van der Waals surface area contributed by atoms with E-state index in [2.05, 4.69) is 20.6 Å². The largest absolute Gasteiger partial charge is 0.373 e. The first-order valence-electron chi connectivity index (χ1n) is 5.73. The zero-order chi connectivity index (χ0) is 14.5. The fourth-order valence-electron chi connectivity index (χ4n) is 1.55. The van der Waals surface area contributed by atoms with Crippen molar-refractivity contribution in [1.82, 2.24) is 9.97 Å². The average molecular weight is 289 g/mol. The van der Waals surface area contributed by atoms with Crippen LogP contribution in [-0.4, -0.2) is 23.3 Å². The van der Waals surface area contributed by atoms with Crippen molar-refractivity contribution in [2.24, 2.45) is 0 Å². The maximum Gasteiger partial charge on any atom is 0.191 e. The standard InChI is InChI=1S/C13H12FN5S/c1-16-11-6-12(19-13(18-11)20-2)17-9-3-4-10(14)8(5-9)7-15/h3-6H,1-2H3,(H2,16,17,18,19). The van der Waals surface area contributed by atoms with Gasteiger partial charge in [-0.3, -0.25) is 0 Å². The molecular weight excluding hydrogens is 277 g/mol. The Kier molecular flexibility index (Phi) is 4.38. The van der Waals surface area contributed by atoms with Crippen LogP contribution in [0.5, 0.6) is 0 Å². The van der Waals surface area contributed by atoms with Gasteiger partial charge >= 0.3 is 0 Å². The second-order valence-corrected chi connectivity index (χ2v) is 4.58. The topological polar surface area (TPSA) is 73.6 Å². The van der Waals surface area contributed by atoms with Gasteiger partial charge in [-0.05, 0) is 24.5 Å². The van der Waals surface area contributed by atoms with Gasteiger partial charge in [-0.2, -0.15) is 5.26 Å². The number of anilines is 3. The molecule has 0 bridgehead atoms. The van der Waals surface area contributed by atoms with Crippen molar-refractivity contribution in [3.63, 3.8) is 0 Å². The van der Waals surface area contributed by atoms with Gasteiger partial charge in [0.25, 0.3) is 0 Å². The Labute approximate surface area is 120 Å². The van der Waals surface area contributed by atoms with Gasteiger partial charge in [0.15, 0.2) is 5.16 Å². The molecule has 0 fully saturated rings. The van der Waals surface area contributed by atoms with Crippen molar-refractivity contribution < 1.29 is 4.39 Å². The SMILES string of the molecule is CNc1cc(Nc2ccc(F)c(C#N)c2)nc(SC)n1. The highest BCUT2D eigenvalue weighted by Gasteiger charge is 2.06. The van der Waals surface area contributed by atoms with Crippen LogP contribution in [0.15, 0.2) is 29.4 Å². The number of aromatic nitrogens is 2. The highest BCUT2D eigenvalue weighted by atomic mass is 32.2. The van der Waals surface area contributed by atoms with Crippen molar-refractivity contribution >= 4 is 29.1 Å². The highest BCUT2D eigenvalue weighted by molar-refractivity contribution is 7.98. The Bertz CT molecular complexity index is 646. The van der Waals surface area contributed by atoms with Crippen LogP contribution in [0, 0.1) is 17.1 Å². The minimum absolute atomic E-state index is 0.0111. The molecule has 2 rings (SSSR count). The second-order valence-electron chi connectivity index (χ2n) is 3.81. The zero-order valence-electron chi connectivity index (χ0n) is 10.9. The van der Waals surface area contributed by atoms with Gasteiger partial charge in [-0.25, -0.2) is 14.4 Å². The van der Waals surface area contributed by atoms with Crippen LogP contribution >= 0.6 is 11.8 Å². The first-order chi connectivity index (χ1) is 9.66. The first-order valence-corrected chi connectivity index (χ1v) is 6.96. The number of benzene rings is 1. The van der Waals surface area contributed by atoms with Gasteiger partial charge in [0, 0.05) is 18.8 Å². The minimum atomic E-state index is -0.540. The molecule has 2 aromatic rings. The van der Waals surface area contributed by atoms with Crippen LogP contribution in [-0.2, 0) is 0 Å². The summed E-state index contributed by atoms with van der Waals surface area (Å²) in [5.74, 6) is 0.708. The van der Waals surface area contributed by atoms with Crippen molar-refractivity contribution in [1.29, 1.82) is 5.26 Å². The molecule has 7 heteroatoms. The van der Waals surface area contributed by atoms with Gasteiger partial charge in [0.1, 0.15) is 23.5 Å². The number of nitrogens with one attached hydrogen (secondary N) is 2. The van der Waals surface area contributed by atoms with Gasteiger partial charge < -0.3 is 10.6 Å². The molecule has 0 radical (unpaired) electrons. The molecule has 0 atom stereocenters. The maximum absolute atomic E-state index is 13.3. The van der Waals surface area contributed by atoms with Gasteiger partial charge in [-0.1, -0.05) is 11.8 Å². The number of hydrogen-bond acceptors (Lipinski definition) is 6. The summed E-state index contributed by atoms with van der Waals surface area (Å²) in [6, 6.07) is 7.77. The van der Waals surface area contributed by atoms with E-state index in [0.717, 1.165) is 0 Å². The molecule has 5 nitrogen and oxygen atoms in total. The van der Waals surface area contributed by atoms with E-state index in [1.54, 1.807) is 25.2 Å². The molecule has 0 aliphatic carbocycles. The number of nitrogens with zero attached hydrogens (tertiary/aromatic N) is 3. The van der Waals surface area contributed by atoms with Crippen molar-refractivity contribution in [2.75, 3.05) is 23.9 Å². The molecular formula is C13H12FN5S. The molecule has 0 aliphatic heterocycles. The third-order valence-corrected chi connectivity index (χ3v) is 3.05. The molecule has 20 heavy (non-hydrogen) atoms. The Hall–Kier alpha value is -2.33. The van der Waals surface area contributed by atoms with Crippen LogP contribution in [0.2, 0.25) is 0 Å². The Balaban J connectivity index is 2.32. The molecule has 0 amide bonds. The van der Waals surface area contributed by atoms with Crippen LogP contribution in [0.4, 0.5) is 21.7 Å². The monoisotopic (exact) mass is 289 g/mol. The third kappa shape index (κ3) is 3.16. The van der Waals surface area contributed by atoms with E-state index in [1.165, 1.54) is 23.9 Å². The minimum Gasteiger partial charge on any atom is -0.373 e. The lowest BCUT2D eigenvalue weighted by Gasteiger charge is -2.09. The highest BCUT2D eigenvalue weighted by Crippen LogP contribution is 2.22. The Morgan fingerprint density at radius 1 is 1.25 bits per heavy atom. The molecule has 0 saturated carbocycles. The van der Waals surface area contributed by atoms with E-state index in [-0.39, 0.29) is 5.56 Å². The van der Waals surface area contributed by atoms with Gasteiger partial charge in [0.2, 0.25) is 0 Å². The lowest BCUT2D eigenvalue weighted by atomic mass is 10.2. The Morgan fingerprint density at radius 3 is 2.65 bits per heavy atom. The zero-order valence-corrected chi connectivity index (χ0v) is 11.8. The van der Waals surface area contributed by atoms with Crippen LogP contribution in [0.25, 0.3) is 0 Å². The van der Waals surface area contributed by atoms with Crippen LogP contribution in [0.3, 0.4) is 0 Å². The van der Waals surface area contributed by atoms with E-state index in [9.17, 15) is 4.39 Å². The second kappa shape index (κ2) is 6.21.